The zero-order valence-electron chi connectivity index (χ0n) is 16.8. The Morgan fingerprint density at radius 2 is 1.97 bits per heavy atom. The summed E-state index contributed by atoms with van der Waals surface area (Å²) in [5.74, 6) is -0.196. The van der Waals surface area contributed by atoms with Crippen molar-refractivity contribution in [3.63, 3.8) is 0 Å². The lowest BCUT2D eigenvalue weighted by molar-refractivity contribution is -0.141. The van der Waals surface area contributed by atoms with Gasteiger partial charge in [0.15, 0.2) is 0 Å². The Hall–Kier alpha value is -3.22. The summed E-state index contributed by atoms with van der Waals surface area (Å²) in [5.41, 5.74) is 1.40. The maximum Gasteiger partial charge on any atom is 0.296 e. The number of benzene rings is 1. The molecule has 3 heterocycles. The molecule has 1 amide bonds. The third-order valence-electron chi connectivity index (χ3n) is 6.34. The molecule has 2 fully saturated rings. The summed E-state index contributed by atoms with van der Waals surface area (Å²) in [6.07, 6.45) is 5.27. The summed E-state index contributed by atoms with van der Waals surface area (Å²) < 4.78 is 11.3. The zero-order valence-corrected chi connectivity index (χ0v) is 16.8. The number of ketones is 1. The molecule has 1 unspecified atom stereocenters. The molecule has 1 N–H and O–H groups in total. The molecule has 1 saturated heterocycles. The van der Waals surface area contributed by atoms with Crippen molar-refractivity contribution in [2.45, 2.75) is 37.8 Å². The fourth-order valence-electron chi connectivity index (χ4n) is 4.79. The predicted octanol–water partition coefficient (Wildman–Crippen LogP) is 3.47. The maximum atomic E-state index is 13.1. The number of carbonyl (C=O) groups is 2. The average Bonchev–Trinajstić information content (AvgIpc) is 3.50. The average molecular weight is 408 g/mol. The van der Waals surface area contributed by atoms with E-state index in [-0.39, 0.29) is 17.4 Å². The van der Waals surface area contributed by atoms with Crippen molar-refractivity contribution >= 4 is 23.1 Å². The van der Waals surface area contributed by atoms with Crippen molar-refractivity contribution in [1.29, 1.82) is 0 Å². The molecule has 1 aromatic carbocycles. The number of ether oxygens (including phenoxy) is 1. The van der Waals surface area contributed by atoms with E-state index in [2.05, 4.69) is 0 Å². The first-order valence-electron chi connectivity index (χ1n) is 10.4. The summed E-state index contributed by atoms with van der Waals surface area (Å²) in [4.78, 5) is 29.7. The van der Waals surface area contributed by atoms with Gasteiger partial charge in [0, 0.05) is 18.7 Å². The lowest BCUT2D eigenvalue weighted by atomic mass is 9.98. The standard InChI is InChI=1S/C23H24N2O5/c1-24-10-12-30-17-9-8-14(13-16(17)24)21(26)19-20(18-7-4-11-29-18)25(23(28)22(19)27)15-5-2-3-6-15/h4,7-9,11,13,15,20,26H,2-3,5-6,10,12H2,1H3/b21-19-. The van der Waals surface area contributed by atoms with Gasteiger partial charge in [-0.25, -0.2) is 0 Å². The summed E-state index contributed by atoms with van der Waals surface area (Å²) >= 11 is 0. The number of fused-ring (bicyclic) bond motifs is 1. The van der Waals surface area contributed by atoms with Gasteiger partial charge in [0.25, 0.3) is 11.7 Å². The topological polar surface area (TPSA) is 83.2 Å². The third-order valence-corrected chi connectivity index (χ3v) is 6.34. The van der Waals surface area contributed by atoms with Gasteiger partial charge < -0.3 is 24.1 Å². The number of furan rings is 1. The number of aliphatic hydroxyl groups is 1. The Balaban J connectivity index is 1.63. The van der Waals surface area contributed by atoms with Crippen LogP contribution >= 0.6 is 0 Å². The molecule has 5 rings (SSSR count). The lowest BCUT2D eigenvalue weighted by Gasteiger charge is -2.29. The molecule has 30 heavy (non-hydrogen) atoms. The smallest absolute Gasteiger partial charge is 0.296 e. The summed E-state index contributed by atoms with van der Waals surface area (Å²) in [7, 11) is 1.95. The van der Waals surface area contributed by atoms with Crippen molar-refractivity contribution in [1.82, 2.24) is 4.90 Å². The van der Waals surface area contributed by atoms with Gasteiger partial charge in [-0.3, -0.25) is 9.59 Å². The first kappa shape index (κ1) is 18.8. The Labute approximate surface area is 174 Å². The molecule has 2 aromatic rings. The summed E-state index contributed by atoms with van der Waals surface area (Å²) in [6.45, 7) is 1.33. The van der Waals surface area contributed by atoms with Crippen molar-refractivity contribution in [2.75, 3.05) is 25.1 Å². The van der Waals surface area contributed by atoms with E-state index in [9.17, 15) is 14.7 Å². The molecule has 0 spiro atoms. The second-order valence-corrected chi connectivity index (χ2v) is 8.11. The highest BCUT2D eigenvalue weighted by molar-refractivity contribution is 6.46. The second-order valence-electron chi connectivity index (χ2n) is 8.11. The van der Waals surface area contributed by atoms with Gasteiger partial charge >= 0.3 is 0 Å². The van der Waals surface area contributed by atoms with Gasteiger partial charge in [0.1, 0.15) is 29.9 Å². The quantitative estimate of drug-likeness (QED) is 0.476. The monoisotopic (exact) mass is 408 g/mol. The molecule has 1 aromatic heterocycles. The van der Waals surface area contributed by atoms with E-state index in [1.807, 2.05) is 11.9 Å². The Morgan fingerprint density at radius 3 is 2.70 bits per heavy atom. The summed E-state index contributed by atoms with van der Waals surface area (Å²) in [5, 5.41) is 11.2. The van der Waals surface area contributed by atoms with E-state index in [1.165, 1.54) is 6.26 Å². The van der Waals surface area contributed by atoms with Gasteiger partial charge in [-0.2, -0.15) is 0 Å². The number of rotatable bonds is 3. The normalized spacial score (nSPS) is 23.7. The molecule has 2 aliphatic heterocycles. The first-order chi connectivity index (χ1) is 14.6. The number of carbonyl (C=O) groups excluding carboxylic acids is 2. The van der Waals surface area contributed by atoms with Crippen molar-refractivity contribution in [3.05, 3.63) is 53.5 Å². The predicted molar refractivity (Wildman–Crippen MR) is 110 cm³/mol. The molecule has 3 aliphatic rings. The van der Waals surface area contributed by atoms with Crippen LogP contribution in [0.3, 0.4) is 0 Å². The Morgan fingerprint density at radius 1 is 1.17 bits per heavy atom. The number of nitrogens with zero attached hydrogens (tertiary/aromatic N) is 2. The lowest BCUT2D eigenvalue weighted by Crippen LogP contribution is -2.37. The van der Waals surface area contributed by atoms with Crippen molar-refractivity contribution < 1.29 is 23.8 Å². The highest BCUT2D eigenvalue weighted by atomic mass is 16.5. The van der Waals surface area contributed by atoms with Gasteiger partial charge in [-0.05, 0) is 43.2 Å². The van der Waals surface area contributed by atoms with Crippen LogP contribution in [0.2, 0.25) is 0 Å². The zero-order chi connectivity index (χ0) is 20.8. The second kappa shape index (κ2) is 7.23. The van der Waals surface area contributed by atoms with Gasteiger partial charge in [-0.15, -0.1) is 0 Å². The van der Waals surface area contributed by atoms with E-state index in [0.717, 1.165) is 43.7 Å². The minimum Gasteiger partial charge on any atom is -0.507 e. The van der Waals surface area contributed by atoms with Gasteiger partial charge in [-0.1, -0.05) is 12.8 Å². The Kier molecular flexibility index (Phi) is 4.53. The molecule has 1 saturated carbocycles. The number of Topliss-reactive ketones (excluding diaryl/α,β-unsaturated/α-hetero) is 1. The molecule has 1 aliphatic carbocycles. The van der Waals surface area contributed by atoms with Crippen LogP contribution in [0.25, 0.3) is 5.76 Å². The molecule has 7 nitrogen and oxygen atoms in total. The van der Waals surface area contributed by atoms with Gasteiger partial charge in [0.05, 0.1) is 24.1 Å². The fourth-order valence-corrected chi connectivity index (χ4v) is 4.79. The van der Waals surface area contributed by atoms with Crippen molar-refractivity contribution in [2.24, 2.45) is 0 Å². The third kappa shape index (κ3) is 2.88. The van der Waals surface area contributed by atoms with Crippen LogP contribution in [-0.2, 0) is 9.59 Å². The number of likely N-dealkylation sites (N-methyl/N-ethyl adjacent to an activating group) is 1. The number of anilines is 1. The highest BCUT2D eigenvalue weighted by Crippen LogP contribution is 2.44. The molecular formula is C23H24N2O5. The van der Waals surface area contributed by atoms with Crippen LogP contribution in [0.15, 0.2) is 46.6 Å². The molecule has 1 atom stereocenters. The number of aliphatic hydroxyl groups excluding tert-OH is 1. The SMILES string of the molecule is CN1CCOc2ccc(/C(O)=C3/C(=O)C(=O)N(C4CCCC4)C3c3ccco3)cc21. The molecule has 0 bridgehead atoms. The number of likely N-dealkylation sites (tertiary alicyclic amines) is 1. The van der Waals surface area contributed by atoms with Gasteiger partial charge in [0.2, 0.25) is 0 Å². The van der Waals surface area contributed by atoms with Crippen molar-refractivity contribution in [3.8, 4) is 5.75 Å². The van der Waals surface area contributed by atoms with Crippen LogP contribution in [0.5, 0.6) is 5.75 Å². The van der Waals surface area contributed by atoms with E-state index >= 15 is 0 Å². The Bertz CT molecular complexity index is 1020. The van der Waals surface area contributed by atoms with Crippen LogP contribution in [0.1, 0.15) is 43.0 Å². The largest absolute Gasteiger partial charge is 0.507 e. The molecular weight excluding hydrogens is 384 g/mol. The minimum atomic E-state index is -0.715. The van der Waals surface area contributed by atoms with Crippen LogP contribution in [-0.4, -0.2) is 47.9 Å². The van der Waals surface area contributed by atoms with E-state index in [1.54, 1.807) is 35.2 Å². The van der Waals surface area contributed by atoms with Crippen LogP contribution < -0.4 is 9.64 Å². The number of hydrogen-bond acceptors (Lipinski definition) is 6. The minimum absolute atomic E-state index is 0.0232. The number of amides is 1. The first-order valence-corrected chi connectivity index (χ1v) is 10.4. The van der Waals surface area contributed by atoms with Crippen LogP contribution in [0.4, 0.5) is 5.69 Å². The summed E-state index contributed by atoms with van der Waals surface area (Å²) in [6, 6.07) is 8.05. The van der Waals surface area contributed by atoms with Crippen LogP contribution in [0, 0.1) is 0 Å². The maximum absolute atomic E-state index is 13.1. The van der Waals surface area contributed by atoms with E-state index in [4.69, 9.17) is 9.15 Å². The number of hydrogen-bond donors (Lipinski definition) is 1. The van der Waals surface area contributed by atoms with E-state index < -0.39 is 17.7 Å². The fraction of sp³-hybridized carbons (Fsp3) is 0.391. The molecule has 7 heteroatoms. The van der Waals surface area contributed by atoms with E-state index in [0.29, 0.717) is 17.9 Å². The molecule has 156 valence electrons. The highest BCUT2D eigenvalue weighted by Gasteiger charge is 2.50. The molecule has 0 radical (unpaired) electrons.